The fourth-order valence-electron chi connectivity index (χ4n) is 3.32. The lowest BCUT2D eigenvalue weighted by molar-refractivity contribution is 0.0826. The maximum atomic E-state index is 12.7. The zero-order valence-corrected chi connectivity index (χ0v) is 15.4. The number of aryl methyl sites for hydroxylation is 3. The van der Waals surface area contributed by atoms with Crippen LogP contribution < -0.4 is 5.32 Å². The Morgan fingerprint density at radius 3 is 2.31 bits per heavy atom. The number of rotatable bonds is 3. The summed E-state index contributed by atoms with van der Waals surface area (Å²) in [7, 11) is 3.39. The summed E-state index contributed by atoms with van der Waals surface area (Å²) in [5.74, 6) is -0.488. The Hall–Kier alpha value is -2.82. The van der Waals surface area contributed by atoms with E-state index in [4.69, 9.17) is 0 Å². The van der Waals surface area contributed by atoms with Gasteiger partial charge in [-0.2, -0.15) is 0 Å². The van der Waals surface area contributed by atoms with Gasteiger partial charge in [-0.25, -0.2) is 0 Å². The first kappa shape index (κ1) is 18.0. The van der Waals surface area contributed by atoms with E-state index in [1.54, 1.807) is 44.4 Å². The Kier molecular flexibility index (Phi) is 4.98. The van der Waals surface area contributed by atoms with E-state index in [0.29, 0.717) is 11.3 Å². The molecule has 2 N–H and O–H groups in total. The summed E-state index contributed by atoms with van der Waals surface area (Å²) < 4.78 is 0. The highest BCUT2D eigenvalue weighted by Gasteiger charge is 2.18. The first-order chi connectivity index (χ1) is 12.4. The van der Waals surface area contributed by atoms with Crippen LogP contribution in [0.1, 0.15) is 50.2 Å². The molecule has 26 heavy (non-hydrogen) atoms. The van der Waals surface area contributed by atoms with E-state index in [0.717, 1.165) is 42.4 Å². The largest absolute Gasteiger partial charge is 0.507 e. The third kappa shape index (κ3) is 3.57. The van der Waals surface area contributed by atoms with E-state index in [2.05, 4.69) is 5.32 Å². The van der Waals surface area contributed by atoms with Crippen molar-refractivity contribution >= 4 is 17.5 Å². The summed E-state index contributed by atoms with van der Waals surface area (Å²) in [5, 5.41) is 13.1. The van der Waals surface area contributed by atoms with Crippen LogP contribution in [0, 0.1) is 6.92 Å². The topological polar surface area (TPSA) is 69.6 Å². The van der Waals surface area contributed by atoms with Crippen molar-refractivity contribution < 1.29 is 14.7 Å². The number of hydrogen-bond acceptors (Lipinski definition) is 3. The number of carbonyl (C=O) groups excluding carboxylic acids is 2. The van der Waals surface area contributed by atoms with Crippen LogP contribution >= 0.6 is 0 Å². The van der Waals surface area contributed by atoms with Gasteiger partial charge in [0.1, 0.15) is 5.75 Å². The number of amides is 2. The normalized spacial score (nSPS) is 13.0. The monoisotopic (exact) mass is 352 g/mol. The number of benzene rings is 2. The van der Waals surface area contributed by atoms with Crippen LogP contribution in [0.5, 0.6) is 5.75 Å². The number of nitrogens with zero attached hydrogens (tertiary/aromatic N) is 1. The molecule has 0 radical (unpaired) electrons. The molecule has 2 amide bonds. The lowest BCUT2D eigenvalue weighted by Crippen LogP contribution is -2.23. The van der Waals surface area contributed by atoms with E-state index in [1.165, 1.54) is 4.90 Å². The summed E-state index contributed by atoms with van der Waals surface area (Å²) >= 11 is 0. The molecule has 1 aliphatic carbocycles. The average Bonchev–Trinajstić information content (AvgIpc) is 2.61. The number of phenolic OH excluding ortho intramolecular Hbond substituents is 1. The highest BCUT2D eigenvalue weighted by atomic mass is 16.3. The highest BCUT2D eigenvalue weighted by Crippen LogP contribution is 2.29. The summed E-state index contributed by atoms with van der Waals surface area (Å²) in [6, 6.07) is 8.73. The van der Waals surface area contributed by atoms with Crippen molar-refractivity contribution in [3.63, 3.8) is 0 Å². The molecule has 0 aliphatic heterocycles. The zero-order valence-electron chi connectivity index (χ0n) is 15.4. The standard InChI is InChI=1S/C21H24N2O3/c1-13-8-9-16(12-17(13)21(26)23(2)3)22-20(25)18-10-14-6-4-5-7-15(14)11-19(18)24/h8-12,24H,4-7H2,1-3H3,(H,22,25). The van der Waals surface area contributed by atoms with Crippen molar-refractivity contribution in [1.82, 2.24) is 4.90 Å². The van der Waals surface area contributed by atoms with Gasteiger partial charge in [0, 0.05) is 25.3 Å². The molecule has 2 aromatic carbocycles. The second kappa shape index (κ2) is 7.20. The Bertz CT molecular complexity index is 872. The molecule has 0 atom stereocenters. The molecule has 5 heteroatoms. The maximum Gasteiger partial charge on any atom is 0.259 e. The van der Waals surface area contributed by atoms with E-state index in [1.807, 2.05) is 6.92 Å². The van der Waals surface area contributed by atoms with Crippen LogP contribution in [0.3, 0.4) is 0 Å². The molecular weight excluding hydrogens is 328 g/mol. The van der Waals surface area contributed by atoms with Crippen LogP contribution in [0.2, 0.25) is 0 Å². The molecule has 3 rings (SSSR count). The summed E-state index contributed by atoms with van der Waals surface area (Å²) in [4.78, 5) is 26.4. The highest BCUT2D eigenvalue weighted by molar-refractivity contribution is 6.07. The van der Waals surface area contributed by atoms with Gasteiger partial charge >= 0.3 is 0 Å². The first-order valence-electron chi connectivity index (χ1n) is 8.85. The summed E-state index contributed by atoms with van der Waals surface area (Å²) in [6.07, 6.45) is 4.09. The van der Waals surface area contributed by atoms with E-state index in [9.17, 15) is 14.7 Å². The number of nitrogens with one attached hydrogen (secondary N) is 1. The van der Waals surface area contributed by atoms with Crippen LogP contribution in [0.25, 0.3) is 0 Å². The SMILES string of the molecule is Cc1ccc(NC(=O)c2cc3c(cc2O)CCCC3)cc1C(=O)N(C)C. The lowest BCUT2D eigenvalue weighted by atomic mass is 9.90. The molecule has 0 saturated carbocycles. The minimum atomic E-state index is -0.372. The van der Waals surface area contributed by atoms with Crippen LogP contribution in [-0.2, 0) is 12.8 Å². The van der Waals surface area contributed by atoms with Crippen LogP contribution in [0.4, 0.5) is 5.69 Å². The summed E-state index contributed by atoms with van der Waals surface area (Å²) in [6.45, 7) is 1.86. The molecule has 0 heterocycles. The minimum absolute atomic E-state index is 0.000136. The fraction of sp³-hybridized carbons (Fsp3) is 0.333. The maximum absolute atomic E-state index is 12.7. The number of anilines is 1. The molecule has 1 aliphatic rings. The third-order valence-corrected chi connectivity index (χ3v) is 4.84. The Morgan fingerprint density at radius 2 is 1.65 bits per heavy atom. The molecule has 136 valence electrons. The van der Waals surface area contributed by atoms with Gasteiger partial charge in [0.25, 0.3) is 11.8 Å². The van der Waals surface area contributed by atoms with E-state index >= 15 is 0 Å². The molecule has 0 spiro atoms. The molecule has 5 nitrogen and oxygen atoms in total. The Morgan fingerprint density at radius 1 is 1.00 bits per heavy atom. The van der Waals surface area contributed by atoms with Gasteiger partial charge in [-0.1, -0.05) is 6.07 Å². The van der Waals surface area contributed by atoms with Crippen molar-refractivity contribution in [2.45, 2.75) is 32.6 Å². The zero-order chi connectivity index (χ0) is 18.8. The van der Waals surface area contributed by atoms with Gasteiger partial charge in [0.15, 0.2) is 0 Å². The number of hydrogen-bond donors (Lipinski definition) is 2. The number of aromatic hydroxyl groups is 1. The molecule has 0 bridgehead atoms. The predicted molar refractivity (Wildman–Crippen MR) is 102 cm³/mol. The van der Waals surface area contributed by atoms with Crippen molar-refractivity contribution in [2.75, 3.05) is 19.4 Å². The van der Waals surface area contributed by atoms with Crippen molar-refractivity contribution in [3.8, 4) is 5.75 Å². The van der Waals surface area contributed by atoms with Gasteiger partial charge in [0.05, 0.1) is 5.56 Å². The first-order valence-corrected chi connectivity index (χ1v) is 8.85. The number of fused-ring (bicyclic) bond motifs is 1. The summed E-state index contributed by atoms with van der Waals surface area (Å²) in [5.41, 5.74) is 4.45. The lowest BCUT2D eigenvalue weighted by Gasteiger charge is -2.18. The fourth-order valence-corrected chi connectivity index (χ4v) is 3.32. The predicted octanol–water partition coefficient (Wildman–Crippen LogP) is 3.53. The number of carbonyl (C=O) groups is 2. The van der Waals surface area contributed by atoms with Gasteiger partial charge in [-0.15, -0.1) is 0 Å². The Labute approximate surface area is 153 Å². The molecule has 0 unspecified atom stereocenters. The number of phenols is 1. The molecule has 0 aromatic heterocycles. The Balaban J connectivity index is 1.87. The van der Waals surface area contributed by atoms with Gasteiger partial charge in [-0.05, 0) is 73.6 Å². The van der Waals surface area contributed by atoms with Crippen LogP contribution in [-0.4, -0.2) is 35.9 Å². The molecular formula is C21H24N2O3. The van der Waals surface area contributed by atoms with Gasteiger partial charge < -0.3 is 15.3 Å². The van der Waals surface area contributed by atoms with E-state index < -0.39 is 0 Å². The van der Waals surface area contributed by atoms with Gasteiger partial charge in [-0.3, -0.25) is 9.59 Å². The molecule has 0 fully saturated rings. The molecule has 0 saturated heterocycles. The van der Waals surface area contributed by atoms with Crippen molar-refractivity contribution in [2.24, 2.45) is 0 Å². The quantitative estimate of drug-likeness (QED) is 0.888. The van der Waals surface area contributed by atoms with Crippen molar-refractivity contribution in [3.05, 3.63) is 58.1 Å². The van der Waals surface area contributed by atoms with Gasteiger partial charge in [0.2, 0.25) is 0 Å². The minimum Gasteiger partial charge on any atom is -0.507 e. The van der Waals surface area contributed by atoms with Crippen molar-refractivity contribution in [1.29, 1.82) is 0 Å². The smallest absolute Gasteiger partial charge is 0.259 e. The average molecular weight is 352 g/mol. The molecule has 2 aromatic rings. The second-order valence-corrected chi connectivity index (χ2v) is 7.03. The third-order valence-electron chi connectivity index (χ3n) is 4.84. The van der Waals surface area contributed by atoms with E-state index in [-0.39, 0.29) is 23.1 Å². The van der Waals surface area contributed by atoms with Crippen LogP contribution in [0.15, 0.2) is 30.3 Å². The second-order valence-electron chi connectivity index (χ2n) is 7.03.